The van der Waals surface area contributed by atoms with E-state index in [-0.39, 0.29) is 35.4 Å². The molecule has 4 amide bonds. The number of aromatic amines is 1. The van der Waals surface area contributed by atoms with Gasteiger partial charge in [-0.05, 0) is 49.6 Å². The minimum Gasteiger partial charge on any atom is -0.453 e. The van der Waals surface area contributed by atoms with Crippen LogP contribution >= 0.6 is 11.6 Å². The third-order valence-electron chi connectivity index (χ3n) is 7.48. The first kappa shape index (κ1) is 28.3. The lowest BCUT2D eigenvalue weighted by Crippen LogP contribution is -2.50. The standard InChI is InChI=1S/C28H29ClF2N6O4/c1-14-4-3-5-22(37-11-10-19(36-27(37)39)23-18(30)9-8-17(29)24(23)31)25-32-13-21(34-25)16-7-6-15(33-28(40)41-2)12-20(16)35-26(14)38/h6-9,12-14,19,22H,3-5,10-11H2,1-2H3,(H,32,34)(H,33,40)(H,35,38)(H,36,39)/t14-,19-,22+/m1/s1. The van der Waals surface area contributed by atoms with Gasteiger partial charge in [0.25, 0.3) is 0 Å². The van der Waals surface area contributed by atoms with Gasteiger partial charge < -0.3 is 25.3 Å². The van der Waals surface area contributed by atoms with Crippen LogP contribution in [0.1, 0.15) is 56.1 Å². The van der Waals surface area contributed by atoms with Crippen LogP contribution in [0.25, 0.3) is 11.3 Å². The third kappa shape index (κ3) is 5.83. The van der Waals surface area contributed by atoms with E-state index < -0.39 is 35.8 Å². The van der Waals surface area contributed by atoms with Gasteiger partial charge in [0.2, 0.25) is 5.91 Å². The van der Waals surface area contributed by atoms with Crippen LogP contribution in [0.3, 0.4) is 0 Å². The number of imidazole rings is 1. The van der Waals surface area contributed by atoms with E-state index in [0.29, 0.717) is 47.7 Å². The van der Waals surface area contributed by atoms with E-state index in [1.165, 1.54) is 7.11 Å². The molecule has 3 heterocycles. The molecule has 4 N–H and O–H groups in total. The fourth-order valence-electron chi connectivity index (χ4n) is 5.26. The molecule has 2 aromatic carbocycles. The molecular weight excluding hydrogens is 558 g/mol. The molecule has 0 unspecified atom stereocenters. The summed E-state index contributed by atoms with van der Waals surface area (Å²) in [4.78, 5) is 47.6. The monoisotopic (exact) mass is 586 g/mol. The molecule has 10 nitrogen and oxygen atoms in total. The van der Waals surface area contributed by atoms with Crippen LogP contribution in [0.4, 0.5) is 29.7 Å². The van der Waals surface area contributed by atoms with E-state index in [4.69, 9.17) is 16.6 Å². The second-order valence-electron chi connectivity index (χ2n) is 10.1. The Morgan fingerprint density at radius 2 is 1.98 bits per heavy atom. The number of halogens is 3. The molecule has 5 rings (SSSR count). The number of methoxy groups -OCH3 is 1. The maximum Gasteiger partial charge on any atom is 0.411 e. The molecule has 0 radical (unpaired) electrons. The van der Waals surface area contributed by atoms with Crippen molar-refractivity contribution in [3.63, 3.8) is 0 Å². The van der Waals surface area contributed by atoms with Gasteiger partial charge in [-0.3, -0.25) is 10.1 Å². The highest BCUT2D eigenvalue weighted by Gasteiger charge is 2.36. The summed E-state index contributed by atoms with van der Waals surface area (Å²) in [6, 6.07) is 5.40. The average molecular weight is 587 g/mol. The highest BCUT2D eigenvalue weighted by molar-refractivity contribution is 6.30. The molecule has 3 atom stereocenters. The number of nitrogens with zero attached hydrogens (tertiary/aromatic N) is 2. The molecule has 1 fully saturated rings. The molecule has 1 aromatic heterocycles. The van der Waals surface area contributed by atoms with Gasteiger partial charge in [0.15, 0.2) is 0 Å². The summed E-state index contributed by atoms with van der Waals surface area (Å²) in [5, 5.41) is 8.05. The normalized spacial score (nSPS) is 21.1. The Morgan fingerprint density at radius 1 is 1.17 bits per heavy atom. The van der Waals surface area contributed by atoms with Gasteiger partial charge in [-0.15, -0.1) is 0 Å². The fraction of sp³-hybridized carbons (Fsp3) is 0.357. The Balaban J connectivity index is 1.45. The number of nitrogens with one attached hydrogen (secondary N) is 4. The molecule has 0 saturated carbocycles. The van der Waals surface area contributed by atoms with Crippen LogP contribution in [0.2, 0.25) is 5.02 Å². The summed E-state index contributed by atoms with van der Waals surface area (Å²) in [7, 11) is 1.25. The van der Waals surface area contributed by atoms with Crippen molar-refractivity contribution in [1.29, 1.82) is 0 Å². The van der Waals surface area contributed by atoms with Gasteiger partial charge in [-0.1, -0.05) is 24.9 Å². The Morgan fingerprint density at radius 3 is 2.73 bits per heavy atom. The van der Waals surface area contributed by atoms with Crippen LogP contribution in [0.15, 0.2) is 36.5 Å². The number of aromatic nitrogens is 2. The topological polar surface area (TPSA) is 128 Å². The molecule has 0 aliphatic carbocycles. The van der Waals surface area contributed by atoms with Gasteiger partial charge in [0.05, 0.1) is 35.6 Å². The molecule has 41 heavy (non-hydrogen) atoms. The second-order valence-corrected chi connectivity index (χ2v) is 10.5. The van der Waals surface area contributed by atoms with E-state index >= 15 is 0 Å². The Hall–Kier alpha value is -4.19. The molecule has 2 aliphatic heterocycles. The lowest BCUT2D eigenvalue weighted by Gasteiger charge is -2.38. The number of benzene rings is 2. The largest absolute Gasteiger partial charge is 0.453 e. The maximum absolute atomic E-state index is 14.7. The smallest absolute Gasteiger partial charge is 0.411 e. The third-order valence-corrected chi connectivity index (χ3v) is 7.77. The number of carbonyl (C=O) groups excluding carboxylic acids is 3. The van der Waals surface area contributed by atoms with Gasteiger partial charge in [0, 0.05) is 35.5 Å². The summed E-state index contributed by atoms with van der Waals surface area (Å²) in [5.74, 6) is -1.66. The number of H-pyrrole nitrogens is 1. The molecule has 3 aromatic rings. The summed E-state index contributed by atoms with van der Waals surface area (Å²) >= 11 is 5.87. The van der Waals surface area contributed by atoms with E-state index in [0.717, 1.165) is 12.1 Å². The van der Waals surface area contributed by atoms with Crippen LogP contribution in [-0.2, 0) is 9.53 Å². The number of hydrogen-bond donors (Lipinski definition) is 4. The van der Waals surface area contributed by atoms with E-state index in [9.17, 15) is 23.2 Å². The summed E-state index contributed by atoms with van der Waals surface area (Å²) in [6.07, 6.45) is 2.95. The average Bonchev–Trinajstić information content (AvgIpc) is 3.43. The molecule has 216 valence electrons. The number of amides is 4. The number of fused-ring (bicyclic) bond motifs is 4. The van der Waals surface area contributed by atoms with Crippen molar-refractivity contribution < 1.29 is 27.9 Å². The number of carbonyl (C=O) groups is 3. The van der Waals surface area contributed by atoms with E-state index in [2.05, 4.69) is 25.7 Å². The van der Waals surface area contributed by atoms with Crippen molar-refractivity contribution in [2.45, 2.75) is 44.7 Å². The van der Waals surface area contributed by atoms with Crippen molar-refractivity contribution in [1.82, 2.24) is 20.2 Å². The summed E-state index contributed by atoms with van der Waals surface area (Å²) in [6.45, 7) is 2.04. The molecular formula is C28H29ClF2N6O4. The Kier molecular flexibility index (Phi) is 8.11. The SMILES string of the molecule is COC(=O)Nc1ccc2c(c1)NC(=O)[C@H](C)CCC[C@H](N1CC[C@H](c3c(F)ccc(Cl)c3F)NC1=O)c1nc-2c[nH]1. The first-order chi connectivity index (χ1) is 19.7. The molecule has 2 aliphatic rings. The first-order valence-corrected chi connectivity index (χ1v) is 13.6. The summed E-state index contributed by atoms with van der Waals surface area (Å²) in [5.41, 5.74) is 1.75. The highest BCUT2D eigenvalue weighted by atomic mass is 35.5. The van der Waals surface area contributed by atoms with Crippen molar-refractivity contribution in [2.24, 2.45) is 5.92 Å². The maximum atomic E-state index is 14.7. The minimum absolute atomic E-state index is 0.196. The number of rotatable bonds is 3. The Labute approximate surface area is 239 Å². The van der Waals surface area contributed by atoms with Crippen molar-refractivity contribution in [3.05, 3.63) is 64.6 Å². The summed E-state index contributed by atoms with van der Waals surface area (Å²) < 4.78 is 33.8. The minimum atomic E-state index is -0.886. The van der Waals surface area contributed by atoms with Gasteiger partial charge >= 0.3 is 12.1 Å². The predicted octanol–water partition coefficient (Wildman–Crippen LogP) is 6.14. The zero-order valence-electron chi connectivity index (χ0n) is 22.4. The van der Waals surface area contributed by atoms with Crippen molar-refractivity contribution >= 4 is 41.0 Å². The van der Waals surface area contributed by atoms with E-state index in [1.54, 1.807) is 29.3 Å². The molecule has 13 heteroatoms. The quantitative estimate of drug-likeness (QED) is 0.274. The van der Waals surface area contributed by atoms with Crippen LogP contribution < -0.4 is 16.0 Å². The highest BCUT2D eigenvalue weighted by Crippen LogP contribution is 2.36. The molecule has 1 saturated heterocycles. The van der Waals surface area contributed by atoms with Crippen LogP contribution in [0, 0.1) is 17.6 Å². The first-order valence-electron chi connectivity index (χ1n) is 13.2. The molecule has 0 spiro atoms. The second kappa shape index (κ2) is 11.7. The number of urea groups is 1. The Bertz CT molecular complexity index is 1500. The zero-order valence-corrected chi connectivity index (χ0v) is 23.1. The van der Waals surface area contributed by atoms with Crippen LogP contribution in [0.5, 0.6) is 0 Å². The predicted molar refractivity (Wildman–Crippen MR) is 148 cm³/mol. The zero-order chi connectivity index (χ0) is 29.3. The van der Waals surface area contributed by atoms with Crippen molar-refractivity contribution in [3.8, 4) is 11.3 Å². The lowest BCUT2D eigenvalue weighted by molar-refractivity contribution is -0.119. The lowest BCUT2D eigenvalue weighted by atomic mass is 9.96. The number of ether oxygens (including phenoxy) is 1. The van der Waals surface area contributed by atoms with Crippen molar-refractivity contribution in [2.75, 3.05) is 24.3 Å². The fourth-order valence-corrected chi connectivity index (χ4v) is 5.42. The number of hydrogen-bond acceptors (Lipinski definition) is 5. The molecule has 2 bridgehead atoms. The van der Waals surface area contributed by atoms with Gasteiger partial charge in [0.1, 0.15) is 17.5 Å². The van der Waals surface area contributed by atoms with Gasteiger partial charge in [-0.2, -0.15) is 0 Å². The number of anilines is 2. The van der Waals surface area contributed by atoms with Crippen LogP contribution in [-0.4, -0.2) is 46.6 Å². The van der Waals surface area contributed by atoms with Gasteiger partial charge in [-0.25, -0.2) is 23.4 Å². The van der Waals surface area contributed by atoms with E-state index in [1.807, 2.05) is 6.92 Å².